The molecule has 0 radical (unpaired) electrons. The van der Waals surface area contributed by atoms with Crippen LogP contribution in [0.2, 0.25) is 0 Å². The number of benzene rings is 2. The lowest BCUT2D eigenvalue weighted by atomic mass is 9.87. The van der Waals surface area contributed by atoms with Crippen molar-refractivity contribution >= 4 is 45.7 Å². The Morgan fingerprint density at radius 1 is 1.03 bits per heavy atom. The van der Waals surface area contributed by atoms with Crippen LogP contribution in [0, 0.1) is 0 Å². The zero-order chi connectivity index (χ0) is 25.6. The van der Waals surface area contributed by atoms with Gasteiger partial charge in [0.05, 0.1) is 23.0 Å². The summed E-state index contributed by atoms with van der Waals surface area (Å²) in [5.41, 5.74) is 4.53. The molecule has 3 N–H and O–H groups in total. The van der Waals surface area contributed by atoms with E-state index in [4.69, 9.17) is 0 Å². The first-order chi connectivity index (χ1) is 17.9. The highest BCUT2D eigenvalue weighted by atomic mass is 16.2. The molecule has 3 amide bonds. The highest BCUT2D eigenvalue weighted by molar-refractivity contribution is 6.08. The van der Waals surface area contributed by atoms with Crippen molar-refractivity contribution in [2.45, 2.75) is 32.1 Å². The molecule has 1 saturated heterocycles. The van der Waals surface area contributed by atoms with Crippen LogP contribution in [0.4, 0.5) is 27.7 Å². The van der Waals surface area contributed by atoms with Crippen molar-refractivity contribution in [3.8, 4) is 0 Å². The molecule has 2 aromatic heterocycles. The lowest BCUT2D eigenvalue weighted by Gasteiger charge is -2.26. The number of pyridine rings is 1. The summed E-state index contributed by atoms with van der Waals surface area (Å²) in [6.45, 7) is 6.51. The molecular weight excluding hydrogens is 466 g/mol. The number of nitrogens with one attached hydrogen (secondary N) is 3. The summed E-state index contributed by atoms with van der Waals surface area (Å²) in [4.78, 5) is 34.8. The molecule has 9 nitrogen and oxygen atoms in total. The minimum atomic E-state index is -0.284. The predicted octanol–water partition coefficient (Wildman–Crippen LogP) is 5.27. The average Bonchev–Trinajstić information content (AvgIpc) is 3.63. The fraction of sp³-hybridized carbons (Fsp3) is 0.286. The van der Waals surface area contributed by atoms with E-state index in [1.165, 1.54) is 0 Å². The van der Waals surface area contributed by atoms with Crippen molar-refractivity contribution in [2.24, 2.45) is 0 Å². The molecule has 0 aliphatic carbocycles. The number of H-pyrrole nitrogens is 1. The molecule has 9 heteroatoms. The maximum absolute atomic E-state index is 13.4. The number of hydrogen-bond donors (Lipinski definition) is 3. The molecule has 2 aliphatic rings. The molecule has 1 fully saturated rings. The first kappa shape index (κ1) is 23.0. The third-order valence-corrected chi connectivity index (χ3v) is 7.19. The summed E-state index contributed by atoms with van der Waals surface area (Å²) in [6.07, 6.45) is 5.50. The van der Waals surface area contributed by atoms with Crippen molar-refractivity contribution < 1.29 is 9.59 Å². The number of likely N-dealkylation sites (tertiary alicyclic amines) is 1. The van der Waals surface area contributed by atoms with Gasteiger partial charge in [-0.05, 0) is 60.9 Å². The van der Waals surface area contributed by atoms with Crippen LogP contribution < -0.4 is 15.5 Å². The van der Waals surface area contributed by atoms with E-state index < -0.39 is 0 Å². The molecule has 2 aliphatic heterocycles. The van der Waals surface area contributed by atoms with Crippen LogP contribution in [0.15, 0.2) is 60.9 Å². The van der Waals surface area contributed by atoms with Crippen LogP contribution in [0.25, 0.3) is 10.9 Å². The smallest absolute Gasteiger partial charge is 0.324 e. The van der Waals surface area contributed by atoms with Gasteiger partial charge >= 0.3 is 6.03 Å². The number of nitrogens with zero attached hydrogens (tertiary/aromatic N) is 4. The van der Waals surface area contributed by atoms with Gasteiger partial charge in [0.1, 0.15) is 5.82 Å². The number of aromatic nitrogens is 3. The Morgan fingerprint density at radius 2 is 1.84 bits per heavy atom. The third kappa shape index (κ3) is 4.26. The van der Waals surface area contributed by atoms with Crippen molar-refractivity contribution in [2.75, 3.05) is 35.2 Å². The second-order valence-electron chi connectivity index (χ2n) is 10.3. The summed E-state index contributed by atoms with van der Waals surface area (Å²) in [6, 6.07) is 15.1. The number of anilines is 4. The Kier molecular flexibility index (Phi) is 5.55. The van der Waals surface area contributed by atoms with Crippen LogP contribution in [-0.4, -0.2) is 51.7 Å². The predicted molar refractivity (Wildman–Crippen MR) is 145 cm³/mol. The van der Waals surface area contributed by atoms with E-state index in [9.17, 15) is 9.59 Å². The highest BCUT2D eigenvalue weighted by Gasteiger charge is 2.40. The number of fused-ring (bicyclic) bond motifs is 2. The van der Waals surface area contributed by atoms with E-state index in [1.807, 2.05) is 46.2 Å². The van der Waals surface area contributed by atoms with E-state index in [-0.39, 0.29) is 17.4 Å². The Morgan fingerprint density at radius 3 is 2.68 bits per heavy atom. The number of carbonyl (C=O) groups excluding carboxylic acids is 2. The summed E-state index contributed by atoms with van der Waals surface area (Å²) in [5.74, 6) is 0.167. The molecule has 0 unspecified atom stereocenters. The number of amides is 3. The molecule has 4 heterocycles. The normalized spacial score (nSPS) is 16.2. The van der Waals surface area contributed by atoms with Crippen LogP contribution in [-0.2, 0) is 5.41 Å². The Bertz CT molecular complexity index is 1500. The van der Waals surface area contributed by atoms with Crippen LogP contribution in [0.3, 0.4) is 0 Å². The first-order valence-electron chi connectivity index (χ1n) is 12.6. The van der Waals surface area contributed by atoms with Crippen molar-refractivity contribution in [3.63, 3.8) is 0 Å². The third-order valence-electron chi connectivity index (χ3n) is 7.19. The molecular formula is C28H29N7O2. The zero-order valence-electron chi connectivity index (χ0n) is 20.9. The van der Waals surface area contributed by atoms with E-state index in [0.717, 1.165) is 53.8 Å². The van der Waals surface area contributed by atoms with Gasteiger partial charge in [0.2, 0.25) is 0 Å². The molecule has 2 aromatic carbocycles. The standard InChI is InChI=1S/C28H29N7O2/c1-28(2)17-35(27(37)34-12-3-4-13-34)24-15-20(9-10-22(24)28)32-26(36)21-6-5-11-29-25(21)31-19-8-7-18-16-30-33-23(18)14-19/h5-11,14-16H,3-4,12-13,17H2,1-2H3,(H,29,31)(H,30,33)(H,32,36). The number of hydrogen-bond acceptors (Lipinski definition) is 5. The SMILES string of the molecule is CC1(C)CN(C(=O)N2CCCC2)c2cc(NC(=O)c3cccnc3Nc3ccc4cn[nH]c4c3)ccc21. The van der Waals surface area contributed by atoms with Crippen molar-refractivity contribution in [1.29, 1.82) is 0 Å². The quantitative estimate of drug-likeness (QED) is 0.358. The maximum Gasteiger partial charge on any atom is 0.324 e. The zero-order valence-corrected chi connectivity index (χ0v) is 20.9. The van der Waals surface area contributed by atoms with E-state index in [0.29, 0.717) is 23.6 Å². The minimum Gasteiger partial charge on any atom is -0.340 e. The van der Waals surface area contributed by atoms with Crippen molar-refractivity contribution in [1.82, 2.24) is 20.1 Å². The molecule has 0 spiro atoms. The first-order valence-corrected chi connectivity index (χ1v) is 12.6. The Hall–Kier alpha value is -4.40. The highest BCUT2D eigenvalue weighted by Crippen LogP contribution is 2.42. The fourth-order valence-corrected chi connectivity index (χ4v) is 5.26. The molecule has 188 valence electrons. The van der Waals surface area contributed by atoms with Gasteiger partial charge in [-0.2, -0.15) is 5.10 Å². The van der Waals surface area contributed by atoms with Crippen LogP contribution >= 0.6 is 0 Å². The van der Waals surface area contributed by atoms with Gasteiger partial charge in [-0.15, -0.1) is 0 Å². The molecule has 6 rings (SSSR count). The van der Waals surface area contributed by atoms with Crippen LogP contribution in [0.5, 0.6) is 0 Å². The van der Waals surface area contributed by atoms with Crippen molar-refractivity contribution in [3.05, 3.63) is 72.1 Å². The molecule has 4 aromatic rings. The van der Waals surface area contributed by atoms with Gasteiger partial charge in [0, 0.05) is 48.0 Å². The lowest BCUT2D eigenvalue weighted by Crippen LogP contribution is -2.43. The average molecular weight is 496 g/mol. The van der Waals surface area contributed by atoms with Gasteiger partial charge in [0.25, 0.3) is 5.91 Å². The molecule has 0 bridgehead atoms. The topological polar surface area (TPSA) is 106 Å². The number of aromatic amines is 1. The second kappa shape index (κ2) is 8.92. The van der Waals surface area contributed by atoms with Gasteiger partial charge in [0.15, 0.2) is 0 Å². The van der Waals surface area contributed by atoms with E-state index >= 15 is 0 Å². The van der Waals surface area contributed by atoms with Gasteiger partial charge in [-0.3, -0.25) is 14.8 Å². The second-order valence-corrected chi connectivity index (χ2v) is 10.3. The lowest BCUT2D eigenvalue weighted by molar-refractivity contribution is 0.102. The largest absolute Gasteiger partial charge is 0.340 e. The van der Waals surface area contributed by atoms with Gasteiger partial charge < -0.3 is 15.5 Å². The number of rotatable bonds is 4. The summed E-state index contributed by atoms with van der Waals surface area (Å²) >= 11 is 0. The van der Waals surface area contributed by atoms with Crippen LogP contribution in [0.1, 0.15) is 42.6 Å². The summed E-state index contributed by atoms with van der Waals surface area (Å²) < 4.78 is 0. The molecule has 0 atom stereocenters. The fourth-order valence-electron chi connectivity index (χ4n) is 5.26. The number of urea groups is 1. The Labute approximate surface area is 214 Å². The molecule has 37 heavy (non-hydrogen) atoms. The monoisotopic (exact) mass is 495 g/mol. The maximum atomic E-state index is 13.4. The Balaban J connectivity index is 1.25. The number of carbonyl (C=O) groups is 2. The summed E-state index contributed by atoms with van der Waals surface area (Å²) in [7, 11) is 0. The van der Waals surface area contributed by atoms with E-state index in [1.54, 1.807) is 24.5 Å². The summed E-state index contributed by atoms with van der Waals surface area (Å²) in [5, 5.41) is 14.3. The van der Waals surface area contributed by atoms with Gasteiger partial charge in [-0.25, -0.2) is 9.78 Å². The minimum absolute atomic E-state index is 0.0424. The van der Waals surface area contributed by atoms with Gasteiger partial charge in [-0.1, -0.05) is 19.9 Å². The molecule has 0 saturated carbocycles. The van der Waals surface area contributed by atoms with E-state index in [2.05, 4.69) is 39.7 Å².